The van der Waals surface area contributed by atoms with E-state index in [-0.39, 0.29) is 6.42 Å². The van der Waals surface area contributed by atoms with Gasteiger partial charge in [-0.2, -0.15) is 0 Å². The Kier molecular flexibility index (Phi) is 5.60. The Morgan fingerprint density at radius 1 is 1.47 bits per heavy atom. The third-order valence-corrected chi connectivity index (χ3v) is 2.56. The maximum absolute atomic E-state index is 10.3. The number of carbonyl (C=O) groups is 1. The van der Waals surface area contributed by atoms with Crippen LogP contribution in [0.25, 0.3) is 0 Å². The fourth-order valence-corrected chi connectivity index (χ4v) is 1.68. The van der Waals surface area contributed by atoms with E-state index in [0.29, 0.717) is 12.5 Å². The Morgan fingerprint density at radius 2 is 2.13 bits per heavy atom. The summed E-state index contributed by atoms with van der Waals surface area (Å²) >= 11 is 0. The Bertz CT molecular complexity index is 192. The van der Waals surface area contributed by atoms with Crippen LogP contribution in [0.5, 0.6) is 0 Å². The van der Waals surface area contributed by atoms with E-state index in [4.69, 9.17) is 9.84 Å². The van der Waals surface area contributed by atoms with Gasteiger partial charge in [0, 0.05) is 19.8 Å². The zero-order valence-corrected chi connectivity index (χ0v) is 8.82. The van der Waals surface area contributed by atoms with E-state index < -0.39 is 12.1 Å². The van der Waals surface area contributed by atoms with Gasteiger partial charge in [0.25, 0.3) is 0 Å². The number of rotatable bonds is 6. The first kappa shape index (κ1) is 12.4. The van der Waals surface area contributed by atoms with E-state index in [9.17, 15) is 9.90 Å². The molecule has 1 aliphatic rings. The molecule has 1 rings (SSSR count). The highest BCUT2D eigenvalue weighted by Crippen LogP contribution is 2.12. The Balaban J connectivity index is 2.02. The first-order chi connectivity index (χ1) is 7.18. The molecule has 1 unspecified atom stereocenters. The maximum atomic E-state index is 10.3. The van der Waals surface area contributed by atoms with E-state index in [0.717, 1.165) is 32.6 Å². The van der Waals surface area contributed by atoms with Crippen molar-refractivity contribution in [1.29, 1.82) is 0 Å². The topological polar surface area (TPSA) is 78.8 Å². The van der Waals surface area contributed by atoms with Crippen molar-refractivity contribution in [3.63, 3.8) is 0 Å². The van der Waals surface area contributed by atoms with Crippen molar-refractivity contribution in [3.8, 4) is 0 Å². The predicted molar refractivity (Wildman–Crippen MR) is 54.7 cm³/mol. The molecule has 0 aromatic heterocycles. The minimum atomic E-state index is -0.963. The number of hydrogen-bond donors (Lipinski definition) is 3. The van der Waals surface area contributed by atoms with Crippen LogP contribution in [0.1, 0.15) is 19.3 Å². The number of carboxylic acids is 1. The standard InChI is InChI=1S/C10H19NO4/c12-9(5-10(13)14)7-11-6-8-1-3-15-4-2-8/h8-9,11-12H,1-7H2,(H,13,14). The summed E-state index contributed by atoms with van der Waals surface area (Å²) in [6.45, 7) is 2.80. The van der Waals surface area contributed by atoms with Crippen LogP contribution in [0.2, 0.25) is 0 Å². The van der Waals surface area contributed by atoms with Gasteiger partial charge < -0.3 is 20.3 Å². The molecule has 0 amide bonds. The molecule has 15 heavy (non-hydrogen) atoms. The van der Waals surface area contributed by atoms with E-state index in [2.05, 4.69) is 5.32 Å². The van der Waals surface area contributed by atoms with Gasteiger partial charge in [-0.3, -0.25) is 4.79 Å². The van der Waals surface area contributed by atoms with Crippen LogP contribution in [0.15, 0.2) is 0 Å². The number of nitrogens with one attached hydrogen (secondary N) is 1. The third kappa shape index (κ3) is 5.71. The van der Waals surface area contributed by atoms with Crippen molar-refractivity contribution < 1.29 is 19.7 Å². The van der Waals surface area contributed by atoms with Gasteiger partial charge in [-0.05, 0) is 25.3 Å². The van der Waals surface area contributed by atoms with Gasteiger partial charge >= 0.3 is 5.97 Å². The van der Waals surface area contributed by atoms with Gasteiger partial charge in [0.1, 0.15) is 0 Å². The number of carboxylic acid groups (broad SMARTS) is 1. The molecule has 0 saturated carbocycles. The fourth-order valence-electron chi connectivity index (χ4n) is 1.68. The first-order valence-corrected chi connectivity index (χ1v) is 5.37. The molecular weight excluding hydrogens is 198 g/mol. The molecule has 1 atom stereocenters. The largest absolute Gasteiger partial charge is 0.481 e. The number of aliphatic hydroxyl groups is 1. The molecule has 0 radical (unpaired) electrons. The molecule has 3 N–H and O–H groups in total. The van der Waals surface area contributed by atoms with Crippen molar-refractivity contribution in [2.75, 3.05) is 26.3 Å². The number of aliphatic hydroxyl groups excluding tert-OH is 1. The molecule has 0 spiro atoms. The van der Waals surface area contributed by atoms with Crippen molar-refractivity contribution in [2.45, 2.75) is 25.4 Å². The van der Waals surface area contributed by atoms with Gasteiger partial charge in [0.15, 0.2) is 0 Å². The monoisotopic (exact) mass is 217 g/mol. The molecule has 0 bridgehead atoms. The van der Waals surface area contributed by atoms with Crippen molar-refractivity contribution in [1.82, 2.24) is 5.32 Å². The smallest absolute Gasteiger partial charge is 0.306 e. The van der Waals surface area contributed by atoms with Gasteiger partial charge in [-0.1, -0.05) is 0 Å². The minimum Gasteiger partial charge on any atom is -0.481 e. The molecule has 0 aromatic rings. The summed E-state index contributed by atoms with van der Waals surface area (Å²) in [5.74, 6) is -0.369. The van der Waals surface area contributed by atoms with E-state index >= 15 is 0 Å². The van der Waals surface area contributed by atoms with Gasteiger partial charge in [-0.15, -0.1) is 0 Å². The molecule has 0 aliphatic carbocycles. The number of aliphatic carboxylic acids is 1. The minimum absolute atomic E-state index is 0.194. The average Bonchev–Trinajstić information content (AvgIpc) is 2.18. The van der Waals surface area contributed by atoms with Crippen LogP contribution in [0.3, 0.4) is 0 Å². The lowest BCUT2D eigenvalue weighted by Gasteiger charge is -2.22. The van der Waals surface area contributed by atoms with Crippen LogP contribution in [0.4, 0.5) is 0 Å². The Labute approximate surface area is 89.4 Å². The summed E-state index contributed by atoms with van der Waals surface area (Å²) in [6.07, 6.45) is 1.10. The Morgan fingerprint density at radius 3 is 2.73 bits per heavy atom. The van der Waals surface area contributed by atoms with Crippen LogP contribution in [-0.4, -0.2) is 48.6 Å². The Hall–Kier alpha value is -0.650. The molecule has 5 heteroatoms. The van der Waals surface area contributed by atoms with Crippen LogP contribution in [0, 0.1) is 5.92 Å². The van der Waals surface area contributed by atoms with Crippen LogP contribution < -0.4 is 5.32 Å². The summed E-state index contributed by atoms with van der Waals surface area (Å²) < 4.78 is 5.22. The van der Waals surface area contributed by atoms with Gasteiger partial charge in [-0.25, -0.2) is 0 Å². The lowest BCUT2D eigenvalue weighted by atomic mass is 10.0. The molecule has 1 saturated heterocycles. The van der Waals surface area contributed by atoms with Crippen molar-refractivity contribution >= 4 is 5.97 Å². The lowest BCUT2D eigenvalue weighted by Crippen LogP contribution is -2.34. The molecular formula is C10H19NO4. The van der Waals surface area contributed by atoms with Crippen molar-refractivity contribution in [2.24, 2.45) is 5.92 Å². The third-order valence-electron chi connectivity index (χ3n) is 2.56. The zero-order chi connectivity index (χ0) is 11.1. The lowest BCUT2D eigenvalue weighted by molar-refractivity contribution is -0.139. The molecule has 1 fully saturated rings. The second-order valence-corrected chi connectivity index (χ2v) is 3.97. The van der Waals surface area contributed by atoms with Crippen LogP contribution >= 0.6 is 0 Å². The summed E-state index contributed by atoms with van der Waals surface area (Å²) in [6, 6.07) is 0. The molecule has 1 heterocycles. The van der Waals surface area contributed by atoms with E-state index in [1.165, 1.54) is 0 Å². The molecule has 88 valence electrons. The second kappa shape index (κ2) is 6.76. The normalized spacial score (nSPS) is 20.1. The highest BCUT2D eigenvalue weighted by molar-refractivity contribution is 5.67. The fraction of sp³-hybridized carbons (Fsp3) is 0.900. The average molecular weight is 217 g/mol. The van der Waals surface area contributed by atoms with Gasteiger partial charge in [0.05, 0.1) is 12.5 Å². The van der Waals surface area contributed by atoms with E-state index in [1.54, 1.807) is 0 Å². The molecule has 1 aliphatic heterocycles. The first-order valence-electron chi connectivity index (χ1n) is 5.37. The van der Waals surface area contributed by atoms with Crippen molar-refractivity contribution in [3.05, 3.63) is 0 Å². The van der Waals surface area contributed by atoms with E-state index in [1.807, 2.05) is 0 Å². The van der Waals surface area contributed by atoms with Crippen LogP contribution in [-0.2, 0) is 9.53 Å². The number of ether oxygens (including phenoxy) is 1. The summed E-state index contributed by atoms with van der Waals surface area (Å²) in [4.78, 5) is 10.3. The number of hydrogen-bond acceptors (Lipinski definition) is 4. The molecule has 5 nitrogen and oxygen atoms in total. The predicted octanol–water partition coefficient (Wildman–Crippen LogP) is -0.162. The van der Waals surface area contributed by atoms with Gasteiger partial charge in [0.2, 0.25) is 0 Å². The second-order valence-electron chi connectivity index (χ2n) is 3.97. The highest BCUT2D eigenvalue weighted by atomic mass is 16.5. The SMILES string of the molecule is O=C(O)CC(O)CNCC1CCOCC1. The quantitative estimate of drug-likeness (QED) is 0.576. The molecule has 0 aromatic carbocycles. The zero-order valence-electron chi connectivity index (χ0n) is 8.82. The maximum Gasteiger partial charge on any atom is 0.306 e. The highest BCUT2D eigenvalue weighted by Gasteiger charge is 2.14. The summed E-state index contributed by atoms with van der Waals surface area (Å²) in [5, 5.41) is 20.8. The summed E-state index contributed by atoms with van der Waals surface area (Å²) in [7, 11) is 0. The summed E-state index contributed by atoms with van der Waals surface area (Å²) in [5.41, 5.74) is 0.